The summed E-state index contributed by atoms with van der Waals surface area (Å²) in [7, 11) is 0. The Morgan fingerprint density at radius 1 is 1.06 bits per heavy atom. The van der Waals surface area contributed by atoms with Crippen LogP contribution in [0, 0.1) is 0 Å². The van der Waals surface area contributed by atoms with Crippen molar-refractivity contribution >= 4 is 15.9 Å². The molecule has 102 valence electrons. The zero-order valence-corrected chi connectivity index (χ0v) is 11.6. The third-order valence-electron chi connectivity index (χ3n) is 2.46. The fraction of sp³-hybridized carbons (Fsp3) is 0.538. The predicted octanol–water partition coefficient (Wildman–Crippen LogP) is 5.04. The van der Waals surface area contributed by atoms with Gasteiger partial charge in [0, 0.05) is 5.33 Å². The minimum absolute atomic E-state index is 0.283. The highest BCUT2D eigenvalue weighted by Gasteiger charge is 2.30. The predicted molar refractivity (Wildman–Crippen MR) is 69.2 cm³/mol. The summed E-state index contributed by atoms with van der Waals surface area (Å²) in [5.41, 5.74) is -0.667. The first kappa shape index (κ1) is 15.3. The van der Waals surface area contributed by atoms with E-state index in [2.05, 4.69) is 15.9 Å². The summed E-state index contributed by atoms with van der Waals surface area (Å²) in [6, 6.07) is 5.00. The van der Waals surface area contributed by atoms with E-state index >= 15 is 0 Å². The molecular formula is C13H16BrF3O. The summed E-state index contributed by atoms with van der Waals surface area (Å²) >= 11 is 3.34. The lowest BCUT2D eigenvalue weighted by Gasteiger charge is -2.10. The van der Waals surface area contributed by atoms with Crippen molar-refractivity contribution in [3.8, 4) is 5.75 Å². The number of unbranched alkanes of at least 4 members (excludes halogenated alkanes) is 3. The Hall–Kier alpha value is -0.710. The molecule has 0 aliphatic heterocycles. The van der Waals surface area contributed by atoms with Crippen LogP contribution in [0.3, 0.4) is 0 Å². The van der Waals surface area contributed by atoms with E-state index in [-0.39, 0.29) is 5.75 Å². The van der Waals surface area contributed by atoms with Crippen molar-refractivity contribution in [2.24, 2.45) is 0 Å². The molecule has 0 aliphatic rings. The van der Waals surface area contributed by atoms with Crippen LogP contribution in [0.1, 0.15) is 31.2 Å². The average Bonchev–Trinajstić information content (AvgIpc) is 2.33. The van der Waals surface area contributed by atoms with Crippen molar-refractivity contribution in [2.45, 2.75) is 31.9 Å². The number of rotatable bonds is 7. The molecule has 1 nitrogen and oxygen atoms in total. The monoisotopic (exact) mass is 324 g/mol. The first-order chi connectivity index (χ1) is 8.54. The molecule has 0 aliphatic carbocycles. The van der Waals surface area contributed by atoms with Gasteiger partial charge in [-0.05, 0) is 31.0 Å². The molecule has 0 aromatic heterocycles. The highest BCUT2D eigenvalue weighted by atomic mass is 79.9. The zero-order chi connectivity index (χ0) is 13.4. The van der Waals surface area contributed by atoms with E-state index < -0.39 is 11.7 Å². The van der Waals surface area contributed by atoms with Gasteiger partial charge in [0.25, 0.3) is 0 Å². The van der Waals surface area contributed by atoms with Gasteiger partial charge in [-0.25, -0.2) is 0 Å². The molecule has 5 heteroatoms. The number of hydrogen-bond acceptors (Lipinski definition) is 1. The smallest absolute Gasteiger partial charge is 0.416 e. The second kappa shape index (κ2) is 7.67. The molecule has 0 radical (unpaired) electrons. The Balaban J connectivity index is 2.34. The van der Waals surface area contributed by atoms with Crippen molar-refractivity contribution < 1.29 is 17.9 Å². The molecule has 0 amide bonds. The fourth-order valence-corrected chi connectivity index (χ4v) is 1.90. The van der Waals surface area contributed by atoms with Crippen molar-refractivity contribution in [1.29, 1.82) is 0 Å². The molecule has 1 aromatic carbocycles. The second-order valence-electron chi connectivity index (χ2n) is 3.98. The summed E-state index contributed by atoms with van der Waals surface area (Å²) in [6.45, 7) is 0.462. The van der Waals surface area contributed by atoms with E-state index in [4.69, 9.17) is 4.74 Å². The molecule has 0 saturated carbocycles. The Morgan fingerprint density at radius 2 is 1.78 bits per heavy atom. The van der Waals surface area contributed by atoms with Crippen molar-refractivity contribution in [3.05, 3.63) is 29.8 Å². The minimum Gasteiger partial charge on any atom is -0.494 e. The Morgan fingerprint density at radius 3 is 2.44 bits per heavy atom. The SMILES string of the molecule is FC(F)(F)c1cccc(OCCCCCCBr)c1. The van der Waals surface area contributed by atoms with E-state index in [1.807, 2.05) is 0 Å². The molecule has 1 rings (SSSR count). The summed E-state index contributed by atoms with van der Waals surface area (Å²) < 4.78 is 42.6. The number of halogens is 4. The first-order valence-corrected chi connectivity index (χ1v) is 7.02. The topological polar surface area (TPSA) is 9.23 Å². The van der Waals surface area contributed by atoms with Gasteiger partial charge in [0.15, 0.2) is 0 Å². The van der Waals surface area contributed by atoms with Crippen LogP contribution in [-0.2, 0) is 6.18 Å². The van der Waals surface area contributed by atoms with E-state index in [1.54, 1.807) is 6.07 Å². The average molecular weight is 325 g/mol. The Labute approximate surface area is 113 Å². The lowest BCUT2D eigenvalue weighted by molar-refractivity contribution is -0.137. The highest BCUT2D eigenvalue weighted by molar-refractivity contribution is 9.09. The third-order valence-corrected chi connectivity index (χ3v) is 3.02. The molecule has 0 saturated heterocycles. The molecule has 0 N–H and O–H groups in total. The van der Waals surface area contributed by atoms with Crippen LogP contribution in [0.25, 0.3) is 0 Å². The first-order valence-electron chi connectivity index (χ1n) is 5.90. The molecule has 0 unspecified atom stereocenters. The Bertz CT molecular complexity index is 352. The number of ether oxygens (including phenoxy) is 1. The van der Waals surface area contributed by atoms with Crippen molar-refractivity contribution in [2.75, 3.05) is 11.9 Å². The number of hydrogen-bond donors (Lipinski definition) is 0. The van der Waals surface area contributed by atoms with E-state index in [0.717, 1.165) is 43.1 Å². The largest absolute Gasteiger partial charge is 0.494 e. The summed E-state index contributed by atoms with van der Waals surface area (Å²) in [4.78, 5) is 0. The van der Waals surface area contributed by atoms with Gasteiger partial charge in [-0.3, -0.25) is 0 Å². The molecule has 0 bridgehead atoms. The van der Waals surface area contributed by atoms with E-state index in [9.17, 15) is 13.2 Å². The van der Waals surface area contributed by atoms with Gasteiger partial charge < -0.3 is 4.74 Å². The van der Waals surface area contributed by atoms with Gasteiger partial charge in [-0.2, -0.15) is 13.2 Å². The zero-order valence-electron chi connectivity index (χ0n) is 9.97. The number of benzene rings is 1. The van der Waals surface area contributed by atoms with Crippen LogP contribution >= 0.6 is 15.9 Å². The lowest BCUT2D eigenvalue weighted by atomic mass is 10.2. The third kappa shape index (κ3) is 5.76. The van der Waals surface area contributed by atoms with Crippen LogP contribution in [-0.4, -0.2) is 11.9 Å². The van der Waals surface area contributed by atoms with E-state index in [1.165, 1.54) is 6.07 Å². The summed E-state index contributed by atoms with van der Waals surface area (Å²) in [5, 5.41) is 0.988. The van der Waals surface area contributed by atoms with Gasteiger partial charge >= 0.3 is 6.18 Å². The minimum atomic E-state index is -4.31. The molecule has 0 spiro atoms. The van der Waals surface area contributed by atoms with Gasteiger partial charge in [-0.1, -0.05) is 34.8 Å². The molecule has 0 heterocycles. The van der Waals surface area contributed by atoms with Gasteiger partial charge in [0.05, 0.1) is 12.2 Å². The Kier molecular flexibility index (Phi) is 6.54. The molecule has 0 atom stereocenters. The molecular weight excluding hydrogens is 309 g/mol. The summed E-state index contributed by atoms with van der Waals surface area (Å²) in [6.07, 6.45) is -0.191. The number of alkyl halides is 4. The van der Waals surface area contributed by atoms with Crippen LogP contribution in [0.4, 0.5) is 13.2 Å². The molecule has 1 aromatic rings. The quantitative estimate of drug-likeness (QED) is 0.504. The van der Waals surface area contributed by atoms with Crippen LogP contribution in [0.2, 0.25) is 0 Å². The maximum atomic E-state index is 12.4. The maximum absolute atomic E-state index is 12.4. The van der Waals surface area contributed by atoms with Gasteiger partial charge in [-0.15, -0.1) is 0 Å². The summed E-state index contributed by atoms with van der Waals surface area (Å²) in [5.74, 6) is 0.283. The lowest BCUT2D eigenvalue weighted by Crippen LogP contribution is -2.05. The molecule has 18 heavy (non-hydrogen) atoms. The second-order valence-corrected chi connectivity index (χ2v) is 4.77. The fourth-order valence-electron chi connectivity index (χ4n) is 1.50. The standard InChI is InChI=1S/C13H16BrF3O/c14-8-3-1-2-4-9-18-12-7-5-6-11(10-12)13(15,16)17/h5-7,10H,1-4,8-9H2. The molecule has 0 fully saturated rings. The normalized spacial score (nSPS) is 11.6. The van der Waals surface area contributed by atoms with Crippen molar-refractivity contribution in [3.63, 3.8) is 0 Å². The van der Waals surface area contributed by atoms with Crippen LogP contribution < -0.4 is 4.74 Å². The van der Waals surface area contributed by atoms with E-state index in [0.29, 0.717) is 6.61 Å². The van der Waals surface area contributed by atoms with Crippen molar-refractivity contribution in [1.82, 2.24) is 0 Å². The van der Waals surface area contributed by atoms with Gasteiger partial charge in [0.1, 0.15) is 5.75 Å². The highest BCUT2D eigenvalue weighted by Crippen LogP contribution is 2.31. The van der Waals surface area contributed by atoms with Crippen LogP contribution in [0.15, 0.2) is 24.3 Å². The van der Waals surface area contributed by atoms with Crippen LogP contribution in [0.5, 0.6) is 5.75 Å². The maximum Gasteiger partial charge on any atom is 0.416 e. The van der Waals surface area contributed by atoms with Gasteiger partial charge in [0.2, 0.25) is 0 Å².